The minimum absolute atomic E-state index is 0.564. The van der Waals surface area contributed by atoms with Gasteiger partial charge in [0.15, 0.2) is 0 Å². The third-order valence-electron chi connectivity index (χ3n) is 4.09. The SMILES string of the molecule is N=Cc1cc(Nc2ncnc3sc4c(c23)CCNC4)c(Br)cc1N. The Balaban J connectivity index is 1.83. The van der Waals surface area contributed by atoms with Crippen LogP contribution < -0.4 is 16.4 Å². The molecule has 2 aromatic heterocycles. The average molecular weight is 403 g/mol. The van der Waals surface area contributed by atoms with Gasteiger partial charge in [-0.1, -0.05) is 0 Å². The highest BCUT2D eigenvalue weighted by Crippen LogP contribution is 2.38. The second-order valence-corrected chi connectivity index (χ2v) is 7.50. The Morgan fingerprint density at radius 2 is 2.25 bits per heavy atom. The molecule has 0 bridgehead atoms. The molecule has 6 nitrogen and oxygen atoms in total. The van der Waals surface area contributed by atoms with E-state index in [1.54, 1.807) is 23.7 Å². The van der Waals surface area contributed by atoms with Crippen LogP contribution in [0.3, 0.4) is 0 Å². The zero-order chi connectivity index (χ0) is 16.7. The van der Waals surface area contributed by atoms with Crippen molar-refractivity contribution in [2.75, 3.05) is 17.6 Å². The van der Waals surface area contributed by atoms with Crippen LogP contribution in [0.25, 0.3) is 10.2 Å². The minimum atomic E-state index is 0.564. The summed E-state index contributed by atoms with van der Waals surface area (Å²) in [5, 5.41) is 15.4. The summed E-state index contributed by atoms with van der Waals surface area (Å²) in [6.07, 6.45) is 3.81. The maximum absolute atomic E-state index is 7.48. The molecule has 0 aliphatic carbocycles. The highest BCUT2D eigenvalue weighted by molar-refractivity contribution is 9.10. The molecule has 3 aromatic rings. The van der Waals surface area contributed by atoms with Gasteiger partial charge in [-0.3, -0.25) is 0 Å². The fraction of sp³-hybridized carbons (Fsp3) is 0.188. The molecular formula is C16H15BrN6S. The van der Waals surface area contributed by atoms with Crippen molar-refractivity contribution in [3.05, 3.63) is 38.9 Å². The highest BCUT2D eigenvalue weighted by atomic mass is 79.9. The lowest BCUT2D eigenvalue weighted by Gasteiger charge is -2.15. The van der Waals surface area contributed by atoms with E-state index in [2.05, 4.69) is 36.5 Å². The lowest BCUT2D eigenvalue weighted by Crippen LogP contribution is -2.22. The zero-order valence-electron chi connectivity index (χ0n) is 12.7. The number of rotatable bonds is 3. The Hall–Kier alpha value is -2.03. The number of benzene rings is 1. The van der Waals surface area contributed by atoms with Gasteiger partial charge in [-0.05, 0) is 46.6 Å². The molecule has 0 fully saturated rings. The second kappa shape index (κ2) is 6.12. The van der Waals surface area contributed by atoms with Crippen molar-refractivity contribution < 1.29 is 0 Å². The number of fused-ring (bicyclic) bond motifs is 3. The molecule has 3 heterocycles. The van der Waals surface area contributed by atoms with Crippen LogP contribution in [0, 0.1) is 5.41 Å². The third kappa shape index (κ3) is 2.56. The van der Waals surface area contributed by atoms with Gasteiger partial charge in [0.05, 0.1) is 11.1 Å². The van der Waals surface area contributed by atoms with E-state index in [-0.39, 0.29) is 0 Å². The molecule has 1 aliphatic rings. The quantitative estimate of drug-likeness (QED) is 0.397. The minimum Gasteiger partial charge on any atom is -0.398 e. The van der Waals surface area contributed by atoms with Crippen molar-refractivity contribution in [3.63, 3.8) is 0 Å². The van der Waals surface area contributed by atoms with Gasteiger partial charge < -0.3 is 21.8 Å². The van der Waals surface area contributed by atoms with Crippen LogP contribution in [0.1, 0.15) is 16.0 Å². The van der Waals surface area contributed by atoms with Crippen LogP contribution in [0.2, 0.25) is 0 Å². The molecular weight excluding hydrogens is 388 g/mol. The van der Waals surface area contributed by atoms with Gasteiger partial charge in [0, 0.05) is 33.4 Å². The Morgan fingerprint density at radius 3 is 3.08 bits per heavy atom. The summed E-state index contributed by atoms with van der Waals surface area (Å²) in [7, 11) is 0. The van der Waals surface area contributed by atoms with E-state index >= 15 is 0 Å². The normalized spacial score (nSPS) is 13.7. The third-order valence-corrected chi connectivity index (χ3v) is 5.89. The highest BCUT2D eigenvalue weighted by Gasteiger charge is 2.20. The predicted octanol–water partition coefficient (Wildman–Crippen LogP) is 3.42. The molecule has 122 valence electrons. The van der Waals surface area contributed by atoms with E-state index in [0.717, 1.165) is 45.7 Å². The molecule has 0 unspecified atom stereocenters. The molecule has 1 aliphatic heterocycles. The van der Waals surface area contributed by atoms with E-state index in [4.69, 9.17) is 11.1 Å². The molecule has 1 aromatic carbocycles. The lowest BCUT2D eigenvalue weighted by molar-refractivity contribution is 0.657. The predicted molar refractivity (Wildman–Crippen MR) is 103 cm³/mol. The van der Waals surface area contributed by atoms with Gasteiger partial charge in [0.1, 0.15) is 17.0 Å². The first-order valence-electron chi connectivity index (χ1n) is 7.50. The maximum atomic E-state index is 7.48. The fourth-order valence-corrected chi connectivity index (χ4v) is 4.52. The number of hydrogen-bond acceptors (Lipinski definition) is 7. The maximum Gasteiger partial charge on any atom is 0.142 e. The molecule has 0 spiro atoms. The first-order chi connectivity index (χ1) is 11.7. The Kier molecular flexibility index (Phi) is 3.95. The number of nitrogens with two attached hydrogens (primary N) is 1. The average Bonchev–Trinajstić information content (AvgIpc) is 2.96. The van der Waals surface area contributed by atoms with Gasteiger partial charge in [0.2, 0.25) is 0 Å². The first-order valence-corrected chi connectivity index (χ1v) is 9.11. The number of nitrogen functional groups attached to an aromatic ring is 1. The summed E-state index contributed by atoms with van der Waals surface area (Å²) in [6, 6.07) is 3.65. The second-order valence-electron chi connectivity index (χ2n) is 5.56. The summed E-state index contributed by atoms with van der Waals surface area (Å²) in [5.41, 5.74) is 9.31. The fourth-order valence-electron chi connectivity index (χ4n) is 2.91. The van der Waals surface area contributed by atoms with E-state index < -0.39 is 0 Å². The van der Waals surface area contributed by atoms with Crippen molar-refractivity contribution in [1.82, 2.24) is 15.3 Å². The van der Waals surface area contributed by atoms with Crippen molar-refractivity contribution in [2.24, 2.45) is 0 Å². The monoisotopic (exact) mass is 402 g/mol. The molecule has 4 rings (SSSR count). The van der Waals surface area contributed by atoms with Crippen molar-refractivity contribution in [3.8, 4) is 0 Å². The van der Waals surface area contributed by atoms with Gasteiger partial charge in [-0.15, -0.1) is 11.3 Å². The van der Waals surface area contributed by atoms with Gasteiger partial charge in [-0.2, -0.15) is 0 Å². The van der Waals surface area contributed by atoms with Crippen molar-refractivity contribution >= 4 is 60.9 Å². The molecule has 5 N–H and O–H groups in total. The summed E-state index contributed by atoms with van der Waals surface area (Å²) in [6.45, 7) is 1.86. The van der Waals surface area contributed by atoms with Crippen LogP contribution >= 0.6 is 27.3 Å². The first kappa shape index (κ1) is 15.5. The van der Waals surface area contributed by atoms with E-state index in [0.29, 0.717) is 11.3 Å². The topological polar surface area (TPSA) is 99.7 Å². The Morgan fingerprint density at radius 1 is 1.38 bits per heavy atom. The van der Waals surface area contributed by atoms with Gasteiger partial charge in [-0.25, -0.2) is 9.97 Å². The number of nitrogens with one attached hydrogen (secondary N) is 3. The van der Waals surface area contributed by atoms with Crippen molar-refractivity contribution in [1.29, 1.82) is 5.41 Å². The van der Waals surface area contributed by atoms with Crippen LogP contribution in [0.4, 0.5) is 17.2 Å². The van der Waals surface area contributed by atoms with E-state index in [9.17, 15) is 0 Å². The van der Waals surface area contributed by atoms with E-state index in [1.165, 1.54) is 16.7 Å². The summed E-state index contributed by atoms with van der Waals surface area (Å²) in [4.78, 5) is 11.2. The molecule has 0 amide bonds. The van der Waals surface area contributed by atoms with Crippen LogP contribution in [0.15, 0.2) is 22.9 Å². The Bertz CT molecular complexity index is 951. The summed E-state index contributed by atoms with van der Waals surface area (Å²) < 4.78 is 0.836. The standard InChI is InChI=1S/C16H15BrN6S/c17-10-4-11(19)8(5-18)3-12(10)23-15-14-9-1-2-20-6-13(9)24-16(14)22-7-21-15/h3-5,7,18,20H,1-2,6,19H2,(H,21,22,23). The number of thiophene rings is 1. The summed E-state index contributed by atoms with van der Waals surface area (Å²) in [5.74, 6) is 0.792. The number of aromatic nitrogens is 2. The van der Waals surface area contributed by atoms with Gasteiger partial charge >= 0.3 is 0 Å². The molecule has 0 atom stereocenters. The molecule has 24 heavy (non-hydrogen) atoms. The van der Waals surface area contributed by atoms with Crippen LogP contribution in [-0.2, 0) is 13.0 Å². The molecule has 0 radical (unpaired) electrons. The number of halogens is 1. The Labute approximate surface area is 151 Å². The summed E-state index contributed by atoms with van der Waals surface area (Å²) >= 11 is 5.25. The number of anilines is 3. The largest absolute Gasteiger partial charge is 0.398 e. The van der Waals surface area contributed by atoms with Crippen molar-refractivity contribution in [2.45, 2.75) is 13.0 Å². The van der Waals surface area contributed by atoms with E-state index in [1.807, 2.05) is 6.07 Å². The zero-order valence-corrected chi connectivity index (χ0v) is 15.1. The van der Waals surface area contributed by atoms with Crippen LogP contribution in [-0.4, -0.2) is 22.7 Å². The molecule has 0 saturated carbocycles. The lowest BCUT2D eigenvalue weighted by atomic mass is 10.1. The smallest absolute Gasteiger partial charge is 0.142 e. The van der Waals surface area contributed by atoms with Crippen LogP contribution in [0.5, 0.6) is 0 Å². The van der Waals surface area contributed by atoms with Gasteiger partial charge in [0.25, 0.3) is 0 Å². The number of hydrogen-bond donors (Lipinski definition) is 4. The number of nitrogens with zero attached hydrogens (tertiary/aromatic N) is 2. The molecule has 8 heteroatoms. The molecule has 0 saturated heterocycles.